The number of aromatic amines is 1. The molecule has 1 aromatic heterocycles. The summed E-state index contributed by atoms with van der Waals surface area (Å²) in [6.45, 7) is 9.26. The van der Waals surface area contributed by atoms with Crippen LogP contribution in [0, 0.1) is 0 Å². The van der Waals surface area contributed by atoms with Gasteiger partial charge in [-0.1, -0.05) is 32.9 Å². The standard InChI is InChI=1S/C18H26N2/c1-18(2,3)14-5-6-15-16(12-19-17(15)11-14)13-7-9-20(4)10-8-13/h5-6,11-13,19H,7-10H2,1-4H3. The molecule has 1 fully saturated rings. The van der Waals surface area contributed by atoms with E-state index in [1.54, 1.807) is 0 Å². The van der Waals surface area contributed by atoms with Crippen LogP contribution in [0.3, 0.4) is 0 Å². The van der Waals surface area contributed by atoms with Crippen LogP contribution in [0.25, 0.3) is 10.9 Å². The summed E-state index contributed by atoms with van der Waals surface area (Å²) in [5.41, 5.74) is 4.44. The van der Waals surface area contributed by atoms with Crippen molar-refractivity contribution in [3.8, 4) is 0 Å². The van der Waals surface area contributed by atoms with E-state index in [1.807, 2.05) is 0 Å². The number of fused-ring (bicyclic) bond motifs is 1. The maximum Gasteiger partial charge on any atom is 0.0459 e. The maximum absolute atomic E-state index is 3.50. The molecule has 20 heavy (non-hydrogen) atoms. The van der Waals surface area contributed by atoms with E-state index in [0.717, 1.165) is 5.92 Å². The molecule has 1 aliphatic rings. The van der Waals surface area contributed by atoms with Crippen LogP contribution in [0.1, 0.15) is 50.7 Å². The van der Waals surface area contributed by atoms with Gasteiger partial charge in [-0.25, -0.2) is 0 Å². The Morgan fingerprint density at radius 1 is 1.15 bits per heavy atom. The van der Waals surface area contributed by atoms with Gasteiger partial charge in [-0.3, -0.25) is 0 Å². The van der Waals surface area contributed by atoms with Gasteiger partial charge in [0.15, 0.2) is 0 Å². The first-order valence-electron chi connectivity index (χ1n) is 7.75. The zero-order valence-corrected chi connectivity index (χ0v) is 13.2. The van der Waals surface area contributed by atoms with Gasteiger partial charge in [-0.15, -0.1) is 0 Å². The fourth-order valence-electron chi connectivity index (χ4n) is 3.27. The highest BCUT2D eigenvalue weighted by atomic mass is 15.1. The number of aromatic nitrogens is 1. The van der Waals surface area contributed by atoms with Crippen LogP contribution in [-0.2, 0) is 5.41 Å². The van der Waals surface area contributed by atoms with Crippen molar-refractivity contribution in [3.63, 3.8) is 0 Å². The first-order chi connectivity index (χ1) is 9.45. The molecular weight excluding hydrogens is 244 g/mol. The van der Waals surface area contributed by atoms with Gasteiger partial charge in [-0.05, 0) is 61.5 Å². The highest BCUT2D eigenvalue weighted by Gasteiger charge is 2.22. The van der Waals surface area contributed by atoms with E-state index in [2.05, 4.69) is 62.1 Å². The number of hydrogen-bond acceptors (Lipinski definition) is 1. The smallest absolute Gasteiger partial charge is 0.0459 e. The monoisotopic (exact) mass is 270 g/mol. The molecule has 0 spiro atoms. The molecule has 0 saturated carbocycles. The van der Waals surface area contributed by atoms with E-state index in [1.165, 1.54) is 48.0 Å². The van der Waals surface area contributed by atoms with E-state index >= 15 is 0 Å². The lowest BCUT2D eigenvalue weighted by Gasteiger charge is -2.28. The summed E-state index contributed by atoms with van der Waals surface area (Å²) in [4.78, 5) is 5.93. The number of likely N-dealkylation sites (tertiary alicyclic amines) is 1. The molecule has 0 atom stereocenters. The van der Waals surface area contributed by atoms with Crippen LogP contribution >= 0.6 is 0 Å². The van der Waals surface area contributed by atoms with Crippen LogP contribution in [0.4, 0.5) is 0 Å². The zero-order valence-electron chi connectivity index (χ0n) is 13.2. The molecule has 0 radical (unpaired) electrons. The first kappa shape index (κ1) is 13.7. The average molecular weight is 270 g/mol. The topological polar surface area (TPSA) is 19.0 Å². The predicted octanol–water partition coefficient (Wildman–Crippen LogP) is 4.27. The van der Waals surface area contributed by atoms with E-state index in [0.29, 0.717) is 0 Å². The number of piperidine rings is 1. The molecule has 2 aromatic rings. The van der Waals surface area contributed by atoms with Gasteiger partial charge >= 0.3 is 0 Å². The van der Waals surface area contributed by atoms with E-state index in [4.69, 9.17) is 0 Å². The second-order valence-electron chi connectivity index (χ2n) is 7.33. The molecule has 0 aliphatic carbocycles. The highest BCUT2D eigenvalue weighted by molar-refractivity contribution is 5.84. The predicted molar refractivity (Wildman–Crippen MR) is 86.5 cm³/mol. The normalized spacial score (nSPS) is 18.8. The Labute approximate surface area is 122 Å². The Balaban J connectivity index is 1.94. The van der Waals surface area contributed by atoms with Gasteiger partial charge in [0.2, 0.25) is 0 Å². The Morgan fingerprint density at radius 3 is 2.50 bits per heavy atom. The molecule has 1 aromatic carbocycles. The van der Waals surface area contributed by atoms with Gasteiger partial charge in [0.25, 0.3) is 0 Å². The lowest BCUT2D eigenvalue weighted by Crippen LogP contribution is -2.29. The summed E-state index contributed by atoms with van der Waals surface area (Å²) in [6.07, 6.45) is 4.81. The molecular formula is C18H26N2. The van der Waals surface area contributed by atoms with Crippen LogP contribution in [-0.4, -0.2) is 30.0 Å². The molecule has 1 aliphatic heterocycles. The van der Waals surface area contributed by atoms with Crippen molar-refractivity contribution in [2.24, 2.45) is 0 Å². The molecule has 0 bridgehead atoms. The summed E-state index contributed by atoms with van der Waals surface area (Å²) in [5.74, 6) is 0.723. The van der Waals surface area contributed by atoms with Gasteiger partial charge in [0.1, 0.15) is 0 Å². The van der Waals surface area contributed by atoms with Crippen LogP contribution < -0.4 is 0 Å². The van der Waals surface area contributed by atoms with Gasteiger partial charge in [0.05, 0.1) is 0 Å². The number of benzene rings is 1. The minimum atomic E-state index is 0.215. The van der Waals surface area contributed by atoms with Crippen LogP contribution in [0.15, 0.2) is 24.4 Å². The minimum absolute atomic E-state index is 0.215. The Morgan fingerprint density at radius 2 is 1.85 bits per heavy atom. The fourth-order valence-corrected chi connectivity index (χ4v) is 3.27. The third-order valence-electron chi connectivity index (χ3n) is 4.74. The summed E-state index contributed by atoms with van der Waals surface area (Å²) < 4.78 is 0. The molecule has 1 N–H and O–H groups in total. The summed E-state index contributed by atoms with van der Waals surface area (Å²) >= 11 is 0. The van der Waals surface area contributed by atoms with Crippen LogP contribution in [0.5, 0.6) is 0 Å². The molecule has 2 heterocycles. The molecule has 2 nitrogen and oxygen atoms in total. The molecule has 2 heteroatoms. The van der Waals surface area contributed by atoms with Gasteiger partial charge < -0.3 is 9.88 Å². The lowest BCUT2D eigenvalue weighted by molar-refractivity contribution is 0.256. The average Bonchev–Trinajstić information content (AvgIpc) is 2.81. The Bertz CT molecular complexity index is 595. The van der Waals surface area contributed by atoms with Crippen molar-refractivity contribution < 1.29 is 0 Å². The number of rotatable bonds is 1. The third-order valence-corrected chi connectivity index (χ3v) is 4.74. The third kappa shape index (κ3) is 2.49. The Hall–Kier alpha value is -1.28. The molecule has 1 saturated heterocycles. The lowest BCUT2D eigenvalue weighted by atomic mass is 9.85. The largest absolute Gasteiger partial charge is 0.361 e. The SMILES string of the molecule is CN1CCC(c2c[nH]c3cc(C(C)(C)C)ccc23)CC1. The van der Waals surface area contributed by atoms with Gasteiger partial charge in [-0.2, -0.15) is 0 Å². The Kier molecular flexibility index (Phi) is 3.37. The van der Waals surface area contributed by atoms with Crippen molar-refractivity contribution in [2.75, 3.05) is 20.1 Å². The van der Waals surface area contributed by atoms with Crippen molar-refractivity contribution >= 4 is 10.9 Å². The fraction of sp³-hybridized carbons (Fsp3) is 0.556. The quantitative estimate of drug-likeness (QED) is 0.819. The van der Waals surface area contributed by atoms with Gasteiger partial charge in [0, 0.05) is 17.1 Å². The molecule has 108 valence electrons. The van der Waals surface area contributed by atoms with Crippen LogP contribution in [0.2, 0.25) is 0 Å². The second kappa shape index (κ2) is 4.92. The zero-order chi connectivity index (χ0) is 14.3. The number of nitrogens with one attached hydrogen (secondary N) is 1. The first-order valence-corrected chi connectivity index (χ1v) is 7.75. The number of nitrogens with zero attached hydrogens (tertiary/aromatic N) is 1. The molecule has 3 rings (SSSR count). The summed E-state index contributed by atoms with van der Waals surface area (Å²) in [5, 5.41) is 1.42. The molecule has 0 amide bonds. The number of H-pyrrole nitrogens is 1. The van der Waals surface area contributed by atoms with E-state index < -0.39 is 0 Å². The summed E-state index contributed by atoms with van der Waals surface area (Å²) in [6, 6.07) is 6.95. The number of hydrogen-bond donors (Lipinski definition) is 1. The van der Waals surface area contributed by atoms with E-state index in [-0.39, 0.29) is 5.41 Å². The highest BCUT2D eigenvalue weighted by Crippen LogP contribution is 2.34. The second-order valence-corrected chi connectivity index (χ2v) is 7.33. The van der Waals surface area contributed by atoms with Crippen molar-refractivity contribution in [3.05, 3.63) is 35.5 Å². The van der Waals surface area contributed by atoms with Crippen molar-refractivity contribution in [1.82, 2.24) is 9.88 Å². The van der Waals surface area contributed by atoms with Crippen molar-refractivity contribution in [1.29, 1.82) is 0 Å². The summed E-state index contributed by atoms with van der Waals surface area (Å²) in [7, 11) is 2.22. The van der Waals surface area contributed by atoms with E-state index in [9.17, 15) is 0 Å². The minimum Gasteiger partial charge on any atom is -0.361 e. The maximum atomic E-state index is 3.50. The molecule has 0 unspecified atom stereocenters. The van der Waals surface area contributed by atoms with Crippen molar-refractivity contribution in [2.45, 2.75) is 44.9 Å².